The lowest BCUT2D eigenvalue weighted by Gasteiger charge is -2.22. The molecule has 2 heterocycles. The van der Waals surface area contributed by atoms with Crippen molar-refractivity contribution in [3.05, 3.63) is 47.8 Å². The van der Waals surface area contributed by atoms with Crippen molar-refractivity contribution in [1.29, 1.82) is 0 Å². The van der Waals surface area contributed by atoms with E-state index in [1.54, 1.807) is 6.07 Å². The van der Waals surface area contributed by atoms with E-state index in [-0.39, 0.29) is 12.0 Å². The van der Waals surface area contributed by atoms with Gasteiger partial charge in [-0.2, -0.15) is 5.10 Å². The summed E-state index contributed by atoms with van der Waals surface area (Å²) in [4.78, 5) is 12.1. The van der Waals surface area contributed by atoms with Crippen LogP contribution in [-0.4, -0.2) is 35.4 Å². The number of amides is 1. The van der Waals surface area contributed by atoms with Crippen LogP contribution in [0.25, 0.3) is 0 Å². The molecule has 1 saturated heterocycles. The Bertz CT molecular complexity index is 621. The number of carbonyl (C=O) groups is 1. The molecule has 1 fully saturated rings. The molecule has 0 unspecified atom stereocenters. The van der Waals surface area contributed by atoms with Crippen molar-refractivity contribution in [2.24, 2.45) is 0 Å². The molecule has 0 bridgehead atoms. The first-order valence-electron chi connectivity index (χ1n) is 7.93. The maximum Gasteiger partial charge on any atom is 0.271 e. The summed E-state index contributed by atoms with van der Waals surface area (Å²) in [5.74, 6) is 0.587. The van der Waals surface area contributed by atoms with Gasteiger partial charge in [-0.1, -0.05) is 18.2 Å². The van der Waals surface area contributed by atoms with Crippen molar-refractivity contribution >= 4 is 5.91 Å². The quantitative estimate of drug-likeness (QED) is 0.857. The van der Waals surface area contributed by atoms with Gasteiger partial charge in [0.25, 0.3) is 5.91 Å². The molecule has 1 atom stereocenters. The molecule has 2 aromatic rings. The fraction of sp³-hybridized carbons (Fsp3) is 0.412. The monoisotopic (exact) mass is 315 g/mol. The third-order valence-corrected chi connectivity index (χ3v) is 3.77. The fourth-order valence-corrected chi connectivity index (χ4v) is 2.50. The number of nitrogens with zero attached hydrogens (tertiary/aromatic N) is 1. The second-order valence-corrected chi connectivity index (χ2v) is 5.58. The molecule has 0 aliphatic carbocycles. The Morgan fingerprint density at radius 3 is 3.00 bits per heavy atom. The molecule has 1 aliphatic heterocycles. The van der Waals surface area contributed by atoms with Gasteiger partial charge in [0.05, 0.1) is 11.8 Å². The lowest BCUT2D eigenvalue weighted by Crippen LogP contribution is -2.35. The molecule has 6 nitrogen and oxygen atoms in total. The fourth-order valence-electron chi connectivity index (χ4n) is 2.50. The average molecular weight is 315 g/mol. The smallest absolute Gasteiger partial charge is 0.271 e. The van der Waals surface area contributed by atoms with Crippen LogP contribution in [-0.2, 0) is 11.3 Å². The van der Waals surface area contributed by atoms with E-state index in [1.165, 1.54) is 0 Å². The Hall–Kier alpha value is -2.34. The van der Waals surface area contributed by atoms with Crippen LogP contribution < -0.4 is 10.1 Å². The molecule has 0 saturated carbocycles. The second kappa shape index (κ2) is 7.78. The van der Waals surface area contributed by atoms with Crippen molar-refractivity contribution in [1.82, 2.24) is 15.5 Å². The standard InChI is InChI=1S/C17H21N3O3/c21-17(18-11-15-8-4-5-9-22-15)16-10-13(19-20-16)12-23-14-6-2-1-3-7-14/h1-3,6-7,10,15H,4-5,8-9,11-12H2,(H,18,21)(H,19,20)/t15-/m0/s1. The molecule has 122 valence electrons. The van der Waals surface area contributed by atoms with Gasteiger partial charge >= 0.3 is 0 Å². The SMILES string of the molecule is O=C(NC[C@@H]1CCCCO1)c1cc(COc2ccccc2)[nH]n1. The van der Waals surface area contributed by atoms with Gasteiger partial charge < -0.3 is 14.8 Å². The molecular formula is C17H21N3O3. The molecule has 1 amide bonds. The van der Waals surface area contributed by atoms with Crippen molar-refractivity contribution in [3.63, 3.8) is 0 Å². The van der Waals surface area contributed by atoms with Crippen LogP contribution in [0.2, 0.25) is 0 Å². The zero-order valence-electron chi connectivity index (χ0n) is 13.0. The minimum atomic E-state index is -0.193. The molecule has 2 N–H and O–H groups in total. The number of nitrogens with one attached hydrogen (secondary N) is 2. The summed E-state index contributed by atoms with van der Waals surface area (Å²) in [6, 6.07) is 11.2. The summed E-state index contributed by atoms with van der Waals surface area (Å²) in [6.07, 6.45) is 3.38. The van der Waals surface area contributed by atoms with E-state index in [0.717, 1.165) is 37.3 Å². The van der Waals surface area contributed by atoms with Crippen molar-refractivity contribution in [3.8, 4) is 5.75 Å². The molecule has 0 radical (unpaired) electrons. The van der Waals surface area contributed by atoms with E-state index in [0.29, 0.717) is 18.8 Å². The summed E-state index contributed by atoms with van der Waals surface area (Å²) < 4.78 is 11.2. The van der Waals surface area contributed by atoms with E-state index in [9.17, 15) is 4.79 Å². The zero-order valence-corrected chi connectivity index (χ0v) is 13.0. The summed E-state index contributed by atoms with van der Waals surface area (Å²) in [7, 11) is 0. The van der Waals surface area contributed by atoms with Gasteiger partial charge in [-0.05, 0) is 37.5 Å². The largest absolute Gasteiger partial charge is 0.487 e. The van der Waals surface area contributed by atoms with Gasteiger partial charge in [-0.15, -0.1) is 0 Å². The number of ether oxygens (including phenoxy) is 2. The summed E-state index contributed by atoms with van der Waals surface area (Å²) >= 11 is 0. The van der Waals surface area contributed by atoms with Gasteiger partial charge in [-0.3, -0.25) is 9.89 Å². The van der Waals surface area contributed by atoms with E-state index in [4.69, 9.17) is 9.47 Å². The van der Waals surface area contributed by atoms with Gasteiger partial charge in [0.1, 0.15) is 18.1 Å². The Labute approximate surface area is 135 Å². The number of para-hydroxylation sites is 1. The van der Waals surface area contributed by atoms with E-state index in [1.807, 2.05) is 30.3 Å². The van der Waals surface area contributed by atoms with Gasteiger partial charge in [0, 0.05) is 13.2 Å². The van der Waals surface area contributed by atoms with Crippen LogP contribution in [0.3, 0.4) is 0 Å². The predicted octanol–water partition coefficient (Wildman–Crippen LogP) is 2.29. The number of aromatic amines is 1. The van der Waals surface area contributed by atoms with Gasteiger partial charge in [0.15, 0.2) is 0 Å². The van der Waals surface area contributed by atoms with Crippen LogP contribution in [0.1, 0.15) is 35.4 Å². The van der Waals surface area contributed by atoms with Gasteiger partial charge in [0.2, 0.25) is 0 Å². The number of H-pyrrole nitrogens is 1. The Kier molecular flexibility index (Phi) is 5.26. The highest BCUT2D eigenvalue weighted by Crippen LogP contribution is 2.13. The third kappa shape index (κ3) is 4.56. The minimum absolute atomic E-state index is 0.118. The highest BCUT2D eigenvalue weighted by molar-refractivity contribution is 5.92. The molecule has 23 heavy (non-hydrogen) atoms. The highest BCUT2D eigenvalue weighted by atomic mass is 16.5. The van der Waals surface area contributed by atoms with Crippen molar-refractivity contribution < 1.29 is 14.3 Å². The third-order valence-electron chi connectivity index (χ3n) is 3.77. The molecule has 3 rings (SSSR count). The van der Waals surface area contributed by atoms with E-state index >= 15 is 0 Å². The van der Waals surface area contributed by atoms with Crippen LogP contribution in [0, 0.1) is 0 Å². The topological polar surface area (TPSA) is 76.2 Å². The van der Waals surface area contributed by atoms with Crippen LogP contribution in [0.4, 0.5) is 0 Å². The molecule has 1 aromatic heterocycles. The molecule has 0 spiro atoms. The lowest BCUT2D eigenvalue weighted by molar-refractivity contribution is 0.0168. The highest BCUT2D eigenvalue weighted by Gasteiger charge is 2.16. The summed E-state index contributed by atoms with van der Waals surface area (Å²) in [5, 5.41) is 9.73. The summed E-state index contributed by atoms with van der Waals surface area (Å²) in [5.41, 5.74) is 1.13. The maximum absolute atomic E-state index is 12.1. The number of benzene rings is 1. The number of hydrogen-bond acceptors (Lipinski definition) is 4. The number of aromatic nitrogens is 2. The van der Waals surface area contributed by atoms with Crippen LogP contribution >= 0.6 is 0 Å². The predicted molar refractivity (Wildman–Crippen MR) is 85.3 cm³/mol. The first kappa shape index (κ1) is 15.6. The van der Waals surface area contributed by atoms with Crippen LogP contribution in [0.15, 0.2) is 36.4 Å². The first-order chi connectivity index (χ1) is 11.3. The normalized spacial score (nSPS) is 17.7. The number of rotatable bonds is 6. The Morgan fingerprint density at radius 1 is 1.35 bits per heavy atom. The Morgan fingerprint density at radius 2 is 2.22 bits per heavy atom. The van der Waals surface area contributed by atoms with E-state index in [2.05, 4.69) is 15.5 Å². The van der Waals surface area contributed by atoms with Gasteiger partial charge in [-0.25, -0.2) is 0 Å². The minimum Gasteiger partial charge on any atom is -0.487 e. The lowest BCUT2D eigenvalue weighted by atomic mass is 10.1. The average Bonchev–Trinajstić information content (AvgIpc) is 3.09. The maximum atomic E-state index is 12.1. The molecule has 1 aliphatic rings. The Balaban J connectivity index is 1.47. The molecule has 1 aromatic carbocycles. The van der Waals surface area contributed by atoms with Crippen molar-refractivity contribution in [2.45, 2.75) is 32.0 Å². The number of hydrogen-bond donors (Lipinski definition) is 2. The van der Waals surface area contributed by atoms with Crippen LogP contribution in [0.5, 0.6) is 5.75 Å². The summed E-state index contributed by atoms with van der Waals surface area (Å²) in [6.45, 7) is 1.65. The number of carbonyl (C=O) groups excluding carboxylic acids is 1. The molecular weight excluding hydrogens is 294 g/mol. The first-order valence-corrected chi connectivity index (χ1v) is 7.93. The van der Waals surface area contributed by atoms with E-state index < -0.39 is 0 Å². The second-order valence-electron chi connectivity index (χ2n) is 5.58. The zero-order chi connectivity index (χ0) is 15.9. The molecule has 6 heteroatoms. The van der Waals surface area contributed by atoms with Crippen molar-refractivity contribution in [2.75, 3.05) is 13.2 Å².